The van der Waals surface area contributed by atoms with Gasteiger partial charge < -0.3 is 0 Å². The van der Waals surface area contributed by atoms with Gasteiger partial charge in [-0.3, -0.25) is 9.78 Å². The molecule has 0 aliphatic rings. The Morgan fingerprint density at radius 1 is 0.778 bits per heavy atom. The van der Waals surface area contributed by atoms with Crippen LogP contribution >= 0.6 is 0 Å². The zero-order valence-electron chi connectivity index (χ0n) is 22.8. The third-order valence-electron chi connectivity index (χ3n) is 7.22. The topological polar surface area (TPSA) is 47.8 Å². The molecule has 4 rings (SSSR count). The maximum absolute atomic E-state index is 13.8. The molecule has 0 N–H and O–H groups in total. The molecule has 36 heavy (non-hydrogen) atoms. The van der Waals surface area contributed by atoms with Gasteiger partial charge in [-0.15, -0.1) is 0 Å². The van der Waals surface area contributed by atoms with Gasteiger partial charge in [-0.25, -0.2) is 4.68 Å². The lowest BCUT2D eigenvalue weighted by Crippen LogP contribution is -2.70. The highest BCUT2D eigenvalue weighted by molar-refractivity contribution is 7.05. The number of hydrogen-bond donors (Lipinski definition) is 0. The van der Waals surface area contributed by atoms with Gasteiger partial charge in [0, 0.05) is 28.3 Å². The Kier molecular flexibility index (Phi) is 6.65. The van der Waals surface area contributed by atoms with E-state index in [2.05, 4.69) is 70.9 Å². The van der Waals surface area contributed by atoms with Crippen molar-refractivity contribution >= 4 is 24.4 Å². The zero-order valence-corrected chi connectivity index (χ0v) is 23.8. The molecule has 2 aromatic heterocycles. The van der Waals surface area contributed by atoms with E-state index in [1.807, 2.05) is 73.3 Å². The molecule has 0 unspecified atom stereocenters. The van der Waals surface area contributed by atoms with Gasteiger partial charge in [-0.2, -0.15) is 5.10 Å². The number of benzene rings is 2. The van der Waals surface area contributed by atoms with Crippen LogP contribution in [0.4, 0.5) is 0 Å². The molecular weight excluding hydrogens is 458 g/mol. The summed E-state index contributed by atoms with van der Waals surface area (Å²) in [7, 11) is -2.47. The highest BCUT2D eigenvalue weighted by Gasteiger charge is 2.56. The van der Waals surface area contributed by atoms with E-state index < -0.39 is 8.07 Å². The van der Waals surface area contributed by atoms with E-state index >= 15 is 0 Å². The number of nitrogens with zero attached hydrogens (tertiary/aromatic N) is 3. The van der Waals surface area contributed by atoms with E-state index in [1.165, 1.54) is 5.19 Å². The SMILES string of the molecule is Cc1cc(C)n(-c2cccc(C(=O)c3cccc([Si](c4ccccn4)(C(C)(C)C)C(C)(C)C)c3)c2)n1. The number of aryl methyl sites for hydroxylation is 2. The van der Waals surface area contributed by atoms with Crippen LogP contribution in [-0.4, -0.2) is 28.6 Å². The highest BCUT2D eigenvalue weighted by Crippen LogP contribution is 2.50. The molecule has 2 heterocycles. The predicted molar refractivity (Wildman–Crippen MR) is 152 cm³/mol. The van der Waals surface area contributed by atoms with Gasteiger partial charge in [-0.05, 0) is 54.3 Å². The van der Waals surface area contributed by atoms with Crippen molar-refractivity contribution in [3.63, 3.8) is 0 Å². The molecule has 0 aliphatic carbocycles. The Morgan fingerprint density at radius 2 is 1.42 bits per heavy atom. The first-order chi connectivity index (χ1) is 16.9. The first-order valence-electron chi connectivity index (χ1n) is 12.6. The van der Waals surface area contributed by atoms with Gasteiger partial charge in [-0.1, -0.05) is 89.2 Å². The van der Waals surface area contributed by atoms with E-state index in [9.17, 15) is 4.79 Å². The number of aromatic nitrogens is 3. The molecular formula is C31H37N3OSi. The third kappa shape index (κ3) is 4.37. The van der Waals surface area contributed by atoms with Crippen molar-refractivity contribution < 1.29 is 4.79 Å². The molecule has 0 fully saturated rings. The standard InChI is InChI=1S/C31H37N3OSi/c1-22-19-23(2)34(33-22)26-15-11-13-24(20-26)29(35)25-14-12-16-27(21-25)36(30(3,4)5,31(6,7)8)28-17-9-10-18-32-28/h9-21H,1-8H3. The van der Waals surface area contributed by atoms with E-state index in [0.29, 0.717) is 11.1 Å². The molecule has 0 saturated carbocycles. The fraction of sp³-hybridized carbons (Fsp3) is 0.323. The average Bonchev–Trinajstić information content (AvgIpc) is 3.16. The second kappa shape index (κ2) is 9.29. The fourth-order valence-corrected chi connectivity index (χ4v) is 13.4. The van der Waals surface area contributed by atoms with Crippen LogP contribution in [0, 0.1) is 13.8 Å². The van der Waals surface area contributed by atoms with Crippen LogP contribution in [0.15, 0.2) is 79.0 Å². The van der Waals surface area contributed by atoms with E-state index in [1.54, 1.807) is 0 Å². The Bertz CT molecular complexity index is 1380. The molecule has 0 atom stereocenters. The second-order valence-corrected chi connectivity index (χ2v) is 17.4. The van der Waals surface area contributed by atoms with E-state index in [-0.39, 0.29) is 15.9 Å². The van der Waals surface area contributed by atoms with Crippen molar-refractivity contribution in [1.29, 1.82) is 0 Å². The first-order valence-corrected chi connectivity index (χ1v) is 14.6. The van der Waals surface area contributed by atoms with Crippen molar-refractivity contribution in [3.8, 4) is 5.69 Å². The fourth-order valence-electron chi connectivity index (χ4n) is 6.22. The molecule has 0 bridgehead atoms. The molecule has 0 aliphatic heterocycles. The summed E-state index contributed by atoms with van der Waals surface area (Å²) in [6.45, 7) is 18.0. The van der Waals surface area contributed by atoms with Gasteiger partial charge in [0.1, 0.15) is 0 Å². The maximum Gasteiger partial charge on any atom is 0.193 e. The van der Waals surface area contributed by atoms with Crippen LogP contribution in [0.5, 0.6) is 0 Å². The van der Waals surface area contributed by atoms with Crippen LogP contribution in [0.1, 0.15) is 68.9 Å². The Hall–Kier alpha value is -3.31. The van der Waals surface area contributed by atoms with Gasteiger partial charge in [0.15, 0.2) is 13.9 Å². The van der Waals surface area contributed by atoms with Crippen LogP contribution in [0.3, 0.4) is 0 Å². The molecule has 0 radical (unpaired) electrons. The molecule has 4 aromatic rings. The minimum Gasteiger partial charge on any atom is -0.289 e. The van der Waals surface area contributed by atoms with Crippen LogP contribution < -0.4 is 10.5 Å². The molecule has 5 heteroatoms. The summed E-state index contributed by atoms with van der Waals surface area (Å²) in [5, 5.41) is 6.92. The zero-order chi connectivity index (χ0) is 26.3. The van der Waals surface area contributed by atoms with E-state index in [0.717, 1.165) is 22.4 Å². The van der Waals surface area contributed by atoms with Gasteiger partial charge in [0.25, 0.3) is 0 Å². The number of hydrogen-bond acceptors (Lipinski definition) is 3. The summed E-state index contributed by atoms with van der Waals surface area (Å²) >= 11 is 0. The lowest BCUT2D eigenvalue weighted by Gasteiger charge is -2.51. The van der Waals surface area contributed by atoms with Crippen molar-refractivity contribution in [2.75, 3.05) is 0 Å². The molecule has 186 valence electrons. The lowest BCUT2D eigenvalue weighted by molar-refractivity contribution is 0.103. The molecule has 2 aromatic carbocycles. The van der Waals surface area contributed by atoms with Crippen molar-refractivity contribution in [1.82, 2.24) is 14.8 Å². The number of pyridine rings is 1. The summed E-state index contributed by atoms with van der Waals surface area (Å²) in [5.41, 5.74) is 4.26. The predicted octanol–water partition coefficient (Wildman–Crippen LogP) is 6.28. The average molecular weight is 496 g/mol. The Labute approximate surface area is 216 Å². The van der Waals surface area contributed by atoms with Gasteiger partial charge in [0.05, 0.1) is 11.4 Å². The Morgan fingerprint density at radius 3 is 1.97 bits per heavy atom. The first kappa shape index (κ1) is 25.8. The lowest BCUT2D eigenvalue weighted by atomic mass is 10.0. The highest BCUT2D eigenvalue weighted by atomic mass is 28.3. The summed E-state index contributed by atoms with van der Waals surface area (Å²) in [6, 6.07) is 24.3. The maximum atomic E-state index is 13.8. The number of carbonyl (C=O) groups is 1. The number of carbonyl (C=O) groups excluding carboxylic acids is 1. The molecule has 0 saturated heterocycles. The minimum atomic E-state index is -2.47. The smallest absolute Gasteiger partial charge is 0.193 e. The largest absolute Gasteiger partial charge is 0.289 e. The normalized spacial score (nSPS) is 12.6. The van der Waals surface area contributed by atoms with Gasteiger partial charge >= 0.3 is 0 Å². The summed E-state index contributed by atoms with van der Waals surface area (Å²) in [4.78, 5) is 18.7. The number of rotatable bonds is 5. The van der Waals surface area contributed by atoms with Crippen LogP contribution in [0.25, 0.3) is 5.69 Å². The van der Waals surface area contributed by atoms with Crippen molar-refractivity contribution in [2.45, 2.75) is 65.5 Å². The molecule has 0 spiro atoms. The second-order valence-electron chi connectivity index (χ2n) is 11.8. The minimum absolute atomic E-state index is 0.0203. The summed E-state index contributed by atoms with van der Waals surface area (Å²) < 4.78 is 1.89. The third-order valence-corrected chi connectivity index (χ3v) is 14.0. The number of ketones is 1. The molecule has 4 nitrogen and oxygen atoms in total. The summed E-state index contributed by atoms with van der Waals surface area (Å²) in [5.74, 6) is 0.0203. The van der Waals surface area contributed by atoms with Crippen LogP contribution in [-0.2, 0) is 0 Å². The summed E-state index contributed by atoms with van der Waals surface area (Å²) in [6.07, 6.45) is 1.90. The van der Waals surface area contributed by atoms with Crippen LogP contribution in [0.2, 0.25) is 10.1 Å². The van der Waals surface area contributed by atoms with Crippen molar-refractivity contribution in [2.24, 2.45) is 0 Å². The van der Waals surface area contributed by atoms with E-state index in [4.69, 9.17) is 4.98 Å². The Balaban J connectivity index is 1.85. The molecule has 0 amide bonds. The van der Waals surface area contributed by atoms with Gasteiger partial charge in [0.2, 0.25) is 0 Å². The quantitative estimate of drug-likeness (QED) is 0.242. The van der Waals surface area contributed by atoms with Crippen molar-refractivity contribution in [3.05, 3.63) is 102 Å². The monoisotopic (exact) mass is 495 g/mol.